The van der Waals surface area contributed by atoms with Crippen LogP contribution in [-0.2, 0) is 9.59 Å². The van der Waals surface area contributed by atoms with Crippen LogP contribution in [-0.4, -0.2) is 28.9 Å². The molecule has 0 radical (unpaired) electrons. The molecule has 0 saturated carbocycles. The molecule has 1 rings (SSSR count). The van der Waals surface area contributed by atoms with E-state index in [4.69, 9.17) is 18.0 Å². The van der Waals surface area contributed by atoms with E-state index in [1.807, 2.05) is 5.92 Å². The summed E-state index contributed by atoms with van der Waals surface area (Å²) in [5, 5.41) is 9.13. The summed E-state index contributed by atoms with van der Waals surface area (Å²) < 4.78 is 40.7. The number of rotatable bonds is 5. The molecule has 1 amide bonds. The van der Waals surface area contributed by atoms with E-state index in [1.54, 1.807) is 13.8 Å². The fraction of sp³-hybridized carbons (Fsp3) is 0.375. The summed E-state index contributed by atoms with van der Waals surface area (Å²) in [5.41, 5.74) is -1.82. The van der Waals surface area contributed by atoms with E-state index in [2.05, 4.69) is 4.74 Å². The zero-order valence-corrected chi connectivity index (χ0v) is 14.3. The molecule has 0 spiro atoms. The van der Waals surface area contributed by atoms with Gasteiger partial charge in [-0.25, -0.2) is 4.79 Å². The lowest BCUT2D eigenvalue weighted by molar-refractivity contribution is -0.274. The van der Waals surface area contributed by atoms with Crippen molar-refractivity contribution in [3.05, 3.63) is 23.2 Å². The van der Waals surface area contributed by atoms with E-state index in [9.17, 15) is 27.9 Å². The minimum absolute atomic E-state index is 0.0684. The van der Waals surface area contributed by atoms with Crippen LogP contribution in [0.15, 0.2) is 18.2 Å². The summed E-state index contributed by atoms with van der Waals surface area (Å²) in [6.45, 7) is 4.41. The van der Waals surface area contributed by atoms with Crippen LogP contribution in [0.3, 0.4) is 0 Å². The van der Waals surface area contributed by atoms with Crippen LogP contribution in [0.1, 0.15) is 20.8 Å². The number of amides is 1. The number of hydrogen-bond acceptors (Lipinski definition) is 3. The van der Waals surface area contributed by atoms with Crippen molar-refractivity contribution in [2.45, 2.75) is 32.7 Å². The number of nitrogens with zero attached hydrogens (tertiary/aromatic N) is 1. The van der Waals surface area contributed by atoms with E-state index in [-0.39, 0.29) is 5.69 Å². The molecule has 0 fully saturated rings. The van der Waals surface area contributed by atoms with Gasteiger partial charge >= 0.3 is 18.2 Å². The molecule has 0 saturated heterocycles. The molecular formula is C16H15ClF3NO4. The predicted octanol–water partition coefficient (Wildman–Crippen LogP) is 3.70. The first-order valence-corrected chi connectivity index (χ1v) is 7.31. The van der Waals surface area contributed by atoms with Gasteiger partial charge in [0.25, 0.3) is 0 Å². The van der Waals surface area contributed by atoms with Crippen molar-refractivity contribution in [3.8, 4) is 18.1 Å². The number of alkyl halides is 3. The fourth-order valence-electron chi connectivity index (χ4n) is 2.10. The van der Waals surface area contributed by atoms with Crippen molar-refractivity contribution < 1.29 is 32.6 Å². The maximum absolute atomic E-state index is 12.3. The first-order chi connectivity index (χ1) is 11.3. The Morgan fingerprint density at radius 3 is 2.28 bits per heavy atom. The van der Waals surface area contributed by atoms with Crippen LogP contribution in [0.4, 0.5) is 18.9 Å². The van der Waals surface area contributed by atoms with Gasteiger partial charge < -0.3 is 9.84 Å². The van der Waals surface area contributed by atoms with Crippen LogP contribution in [0, 0.1) is 18.3 Å². The monoisotopic (exact) mass is 377 g/mol. The standard InChI is InChI=1S/C16H15ClF3NO4/c1-5-13(22)21(15(4,9(2)3)14(23)24)10-6-7-12(11(17)8-10)25-16(18,19)20/h1,6-9H,2-4H3,(H,23,24)/t15-/m0/s1. The summed E-state index contributed by atoms with van der Waals surface area (Å²) in [7, 11) is 0. The largest absolute Gasteiger partial charge is 0.573 e. The molecule has 25 heavy (non-hydrogen) atoms. The molecule has 9 heteroatoms. The second-order valence-corrected chi connectivity index (χ2v) is 5.96. The molecule has 0 heterocycles. The number of carboxylic acid groups (broad SMARTS) is 1. The summed E-state index contributed by atoms with van der Waals surface area (Å²) in [6, 6.07) is 2.94. The van der Waals surface area contributed by atoms with Crippen LogP contribution in [0.5, 0.6) is 5.75 Å². The highest BCUT2D eigenvalue weighted by Gasteiger charge is 2.46. The highest BCUT2D eigenvalue weighted by molar-refractivity contribution is 6.32. The number of terminal acetylenes is 1. The summed E-state index contributed by atoms with van der Waals surface area (Å²) in [4.78, 5) is 24.7. The maximum atomic E-state index is 12.3. The Labute approximate surface area is 147 Å². The summed E-state index contributed by atoms with van der Waals surface area (Å²) >= 11 is 5.77. The number of carbonyl (C=O) groups excluding carboxylic acids is 1. The number of hydrogen-bond donors (Lipinski definition) is 1. The summed E-state index contributed by atoms with van der Waals surface area (Å²) in [6.07, 6.45) is 0.166. The smallest absolute Gasteiger partial charge is 0.479 e. The quantitative estimate of drug-likeness (QED) is 0.794. The lowest BCUT2D eigenvalue weighted by atomic mass is 9.85. The minimum atomic E-state index is -4.95. The number of carboxylic acids is 1. The lowest BCUT2D eigenvalue weighted by Gasteiger charge is -2.39. The molecule has 5 nitrogen and oxygen atoms in total. The Kier molecular flexibility index (Phi) is 5.97. The molecule has 0 aliphatic carbocycles. The number of aliphatic carboxylic acids is 1. The zero-order chi connectivity index (χ0) is 19.6. The number of benzene rings is 1. The van der Waals surface area contributed by atoms with Gasteiger partial charge in [-0.2, -0.15) is 0 Å². The van der Waals surface area contributed by atoms with Gasteiger partial charge in [0.1, 0.15) is 11.3 Å². The van der Waals surface area contributed by atoms with Crippen LogP contribution >= 0.6 is 11.6 Å². The molecule has 1 N–H and O–H groups in total. The van der Waals surface area contributed by atoms with Crippen molar-refractivity contribution >= 4 is 29.2 Å². The van der Waals surface area contributed by atoms with Gasteiger partial charge in [0.05, 0.1) is 5.02 Å². The fourth-order valence-corrected chi connectivity index (χ4v) is 2.31. The normalized spacial score (nSPS) is 13.7. The Balaban J connectivity index is 3.49. The van der Waals surface area contributed by atoms with E-state index in [0.29, 0.717) is 0 Å². The van der Waals surface area contributed by atoms with Crippen molar-refractivity contribution in [3.63, 3.8) is 0 Å². The second-order valence-electron chi connectivity index (χ2n) is 5.55. The van der Waals surface area contributed by atoms with Crippen LogP contribution in [0.2, 0.25) is 5.02 Å². The van der Waals surface area contributed by atoms with Gasteiger partial charge in [0.2, 0.25) is 0 Å². The van der Waals surface area contributed by atoms with E-state index >= 15 is 0 Å². The van der Waals surface area contributed by atoms with Crippen LogP contribution in [0.25, 0.3) is 0 Å². The van der Waals surface area contributed by atoms with Crippen molar-refractivity contribution in [1.82, 2.24) is 0 Å². The molecule has 1 atom stereocenters. The van der Waals surface area contributed by atoms with E-state index in [1.165, 1.54) is 6.92 Å². The Hall–Kier alpha value is -2.40. The predicted molar refractivity (Wildman–Crippen MR) is 85.3 cm³/mol. The highest BCUT2D eigenvalue weighted by Crippen LogP contribution is 2.37. The topological polar surface area (TPSA) is 66.8 Å². The zero-order valence-electron chi connectivity index (χ0n) is 13.5. The van der Waals surface area contributed by atoms with Gasteiger partial charge in [-0.05, 0) is 37.0 Å². The molecule has 0 aliphatic heterocycles. The molecule has 0 bridgehead atoms. The summed E-state index contributed by atoms with van der Waals surface area (Å²) in [5.74, 6) is -1.75. The van der Waals surface area contributed by atoms with Gasteiger partial charge in [-0.1, -0.05) is 25.4 Å². The average molecular weight is 378 g/mol. The maximum Gasteiger partial charge on any atom is 0.573 e. The molecule has 1 aromatic carbocycles. The molecular weight excluding hydrogens is 363 g/mol. The van der Waals surface area contributed by atoms with Gasteiger partial charge in [-0.15, -0.1) is 19.6 Å². The van der Waals surface area contributed by atoms with Crippen LogP contribution < -0.4 is 9.64 Å². The van der Waals surface area contributed by atoms with E-state index < -0.39 is 40.5 Å². The SMILES string of the molecule is C#CC(=O)N(c1ccc(OC(F)(F)F)c(Cl)c1)[C@](C)(C(=O)O)C(C)C. The van der Waals surface area contributed by atoms with Crippen molar-refractivity contribution in [2.75, 3.05) is 4.90 Å². The number of anilines is 1. The third-order valence-corrected chi connectivity index (χ3v) is 4.04. The highest BCUT2D eigenvalue weighted by atomic mass is 35.5. The average Bonchev–Trinajstić information content (AvgIpc) is 2.48. The number of halogens is 4. The molecule has 0 aromatic heterocycles. The Morgan fingerprint density at radius 2 is 1.92 bits per heavy atom. The third-order valence-electron chi connectivity index (χ3n) is 3.75. The van der Waals surface area contributed by atoms with Crippen molar-refractivity contribution in [1.29, 1.82) is 0 Å². The lowest BCUT2D eigenvalue weighted by Crippen LogP contribution is -2.58. The molecule has 1 aromatic rings. The third kappa shape index (κ3) is 4.37. The molecule has 0 aliphatic rings. The van der Waals surface area contributed by atoms with Gasteiger partial charge in [0.15, 0.2) is 0 Å². The Bertz CT molecular complexity index is 727. The first-order valence-electron chi connectivity index (χ1n) is 6.94. The Morgan fingerprint density at radius 1 is 1.36 bits per heavy atom. The molecule has 0 unspecified atom stereocenters. The molecule has 136 valence electrons. The minimum Gasteiger partial charge on any atom is -0.479 e. The van der Waals surface area contributed by atoms with Crippen molar-refractivity contribution in [2.24, 2.45) is 5.92 Å². The van der Waals surface area contributed by atoms with Gasteiger partial charge in [-0.3, -0.25) is 9.69 Å². The van der Waals surface area contributed by atoms with E-state index in [0.717, 1.165) is 23.1 Å². The second kappa shape index (κ2) is 7.23. The van der Waals surface area contributed by atoms with Gasteiger partial charge in [0, 0.05) is 5.69 Å². The number of ether oxygens (including phenoxy) is 1. The number of carbonyl (C=O) groups is 2. The first kappa shape index (κ1) is 20.6.